The van der Waals surface area contributed by atoms with E-state index in [1.807, 2.05) is 6.92 Å². The molecule has 1 aliphatic heterocycles. The molecule has 0 radical (unpaired) electrons. The third-order valence-electron chi connectivity index (χ3n) is 1.93. The third kappa shape index (κ3) is 4.37. The Kier molecular flexibility index (Phi) is 3.43. The maximum atomic E-state index is 11.6. The molecule has 0 unspecified atom stereocenters. The molecule has 1 amide bonds. The molecule has 1 rings (SSSR count). The number of carbonyl (C=O) groups excluding carboxylic acids is 1. The van der Waals surface area contributed by atoms with Gasteiger partial charge in [0.2, 0.25) is 0 Å². The average molecular weight is 227 g/mol. The van der Waals surface area contributed by atoms with E-state index in [0.717, 1.165) is 0 Å². The Hall–Kier alpha value is -0.980. The van der Waals surface area contributed by atoms with Crippen molar-refractivity contribution in [1.29, 1.82) is 0 Å². The fraction of sp³-hybridized carbons (Fsp3) is 0.875. The number of ether oxygens (including phenoxy) is 2. The number of hydrogen-bond donors (Lipinski definition) is 1. The van der Waals surface area contributed by atoms with Crippen LogP contribution >= 0.6 is 0 Å². The van der Waals surface area contributed by atoms with Crippen LogP contribution in [-0.2, 0) is 9.47 Å². The first kappa shape index (κ1) is 12.1. The van der Waals surface area contributed by atoms with Gasteiger partial charge in [-0.25, -0.2) is 4.79 Å². The van der Waals surface area contributed by atoms with Crippen molar-refractivity contribution in [2.45, 2.75) is 13.1 Å². The van der Waals surface area contributed by atoms with Gasteiger partial charge in [0.15, 0.2) is 6.61 Å². The van der Waals surface area contributed by atoms with Crippen LogP contribution in [0.4, 0.5) is 18.0 Å². The smallest absolute Gasteiger partial charge is 0.422 e. The molecule has 7 heteroatoms. The second-order valence-electron chi connectivity index (χ2n) is 3.85. The second kappa shape index (κ2) is 4.26. The molecule has 0 saturated carbocycles. The molecule has 0 atom stereocenters. The van der Waals surface area contributed by atoms with Crippen molar-refractivity contribution >= 4 is 6.09 Å². The van der Waals surface area contributed by atoms with Gasteiger partial charge in [0.05, 0.1) is 13.2 Å². The highest BCUT2D eigenvalue weighted by Gasteiger charge is 2.34. The van der Waals surface area contributed by atoms with Crippen LogP contribution < -0.4 is 5.32 Å². The van der Waals surface area contributed by atoms with Gasteiger partial charge in [-0.3, -0.25) is 0 Å². The SMILES string of the molecule is CC1(CNC(=O)OCC(F)(F)F)COC1. The standard InChI is InChI=1S/C8H12F3NO3/c1-7(3-14-4-7)2-12-6(13)15-5-8(9,10)11/h2-5H2,1H3,(H,12,13). The summed E-state index contributed by atoms with van der Waals surface area (Å²) in [6.45, 7) is 1.54. The second-order valence-corrected chi connectivity index (χ2v) is 3.85. The van der Waals surface area contributed by atoms with Gasteiger partial charge in [-0.15, -0.1) is 0 Å². The molecule has 15 heavy (non-hydrogen) atoms. The lowest BCUT2D eigenvalue weighted by Gasteiger charge is -2.37. The zero-order valence-electron chi connectivity index (χ0n) is 8.19. The largest absolute Gasteiger partial charge is 0.440 e. The molecule has 0 bridgehead atoms. The highest BCUT2D eigenvalue weighted by atomic mass is 19.4. The van der Waals surface area contributed by atoms with Crippen molar-refractivity contribution < 1.29 is 27.4 Å². The minimum absolute atomic E-state index is 0.183. The first-order valence-corrected chi connectivity index (χ1v) is 4.36. The lowest BCUT2D eigenvalue weighted by atomic mass is 9.89. The molecule has 0 spiro atoms. The molecule has 0 aromatic carbocycles. The number of amides is 1. The summed E-state index contributed by atoms with van der Waals surface area (Å²) < 4.78 is 43.8. The Bertz CT molecular complexity index is 238. The fourth-order valence-electron chi connectivity index (χ4n) is 1.04. The van der Waals surface area contributed by atoms with Gasteiger partial charge in [0.1, 0.15) is 0 Å². The summed E-state index contributed by atoms with van der Waals surface area (Å²) in [5, 5.41) is 2.26. The predicted octanol–water partition coefficient (Wildman–Crippen LogP) is 1.31. The fourth-order valence-corrected chi connectivity index (χ4v) is 1.04. The number of nitrogens with one attached hydrogen (secondary N) is 1. The quantitative estimate of drug-likeness (QED) is 0.790. The summed E-state index contributed by atoms with van der Waals surface area (Å²) in [4.78, 5) is 10.8. The maximum absolute atomic E-state index is 11.6. The van der Waals surface area contributed by atoms with Crippen molar-refractivity contribution in [2.24, 2.45) is 5.41 Å². The van der Waals surface area contributed by atoms with E-state index in [0.29, 0.717) is 13.2 Å². The Morgan fingerprint density at radius 1 is 1.53 bits per heavy atom. The molecule has 1 fully saturated rings. The van der Waals surface area contributed by atoms with Crippen molar-refractivity contribution in [1.82, 2.24) is 5.32 Å². The van der Waals surface area contributed by atoms with E-state index < -0.39 is 18.9 Å². The summed E-state index contributed by atoms with van der Waals surface area (Å²) in [5.74, 6) is 0. The van der Waals surface area contributed by atoms with Crippen LogP contribution in [0.25, 0.3) is 0 Å². The molecule has 4 nitrogen and oxygen atoms in total. The van der Waals surface area contributed by atoms with E-state index in [2.05, 4.69) is 10.1 Å². The molecule has 88 valence electrons. The normalized spacial score (nSPS) is 19.2. The summed E-state index contributed by atoms with van der Waals surface area (Å²) in [6.07, 6.45) is -5.54. The number of alkyl halides is 3. The van der Waals surface area contributed by atoms with Gasteiger partial charge in [-0.05, 0) is 0 Å². The molecule has 0 aromatic heterocycles. The lowest BCUT2D eigenvalue weighted by Crippen LogP contribution is -2.48. The van der Waals surface area contributed by atoms with Crippen molar-refractivity contribution in [3.05, 3.63) is 0 Å². The Labute approximate surface area is 84.7 Å². The van der Waals surface area contributed by atoms with E-state index in [9.17, 15) is 18.0 Å². The van der Waals surface area contributed by atoms with Crippen molar-refractivity contribution in [3.63, 3.8) is 0 Å². The highest BCUT2D eigenvalue weighted by Crippen LogP contribution is 2.25. The number of halogens is 3. The van der Waals surface area contributed by atoms with Gasteiger partial charge in [-0.2, -0.15) is 13.2 Å². The molecule has 0 aromatic rings. The minimum atomic E-state index is -4.49. The zero-order chi connectivity index (χ0) is 11.5. The van der Waals surface area contributed by atoms with Crippen molar-refractivity contribution in [2.75, 3.05) is 26.4 Å². The van der Waals surface area contributed by atoms with Gasteiger partial charge in [0.25, 0.3) is 0 Å². The van der Waals surface area contributed by atoms with Gasteiger partial charge < -0.3 is 14.8 Å². The number of alkyl carbamates (subject to hydrolysis) is 1. The molecule has 1 N–H and O–H groups in total. The molecule has 1 heterocycles. The highest BCUT2D eigenvalue weighted by molar-refractivity contribution is 5.67. The Morgan fingerprint density at radius 2 is 2.13 bits per heavy atom. The van der Waals surface area contributed by atoms with E-state index in [1.165, 1.54) is 0 Å². The first-order valence-electron chi connectivity index (χ1n) is 4.36. The first-order chi connectivity index (χ1) is 6.81. The van der Waals surface area contributed by atoms with E-state index in [1.54, 1.807) is 0 Å². The van der Waals surface area contributed by atoms with Crippen molar-refractivity contribution in [3.8, 4) is 0 Å². The molecule has 1 aliphatic rings. The lowest BCUT2D eigenvalue weighted by molar-refractivity contribution is -0.160. The van der Waals surface area contributed by atoms with Gasteiger partial charge >= 0.3 is 12.3 Å². The Balaban J connectivity index is 2.14. The summed E-state index contributed by atoms with van der Waals surface area (Å²) in [5.41, 5.74) is -0.183. The minimum Gasteiger partial charge on any atom is -0.440 e. The van der Waals surface area contributed by atoms with E-state index in [-0.39, 0.29) is 12.0 Å². The number of rotatable bonds is 3. The third-order valence-corrected chi connectivity index (χ3v) is 1.93. The predicted molar refractivity (Wildman–Crippen MR) is 44.3 cm³/mol. The molecule has 0 aliphatic carbocycles. The van der Waals surface area contributed by atoms with Crippen LogP contribution in [0.2, 0.25) is 0 Å². The van der Waals surface area contributed by atoms with Crippen LogP contribution in [0.1, 0.15) is 6.92 Å². The summed E-state index contributed by atoms with van der Waals surface area (Å²) in [6, 6.07) is 0. The number of carbonyl (C=O) groups is 1. The van der Waals surface area contributed by atoms with Crippen LogP contribution in [0.5, 0.6) is 0 Å². The van der Waals surface area contributed by atoms with E-state index in [4.69, 9.17) is 4.74 Å². The van der Waals surface area contributed by atoms with Crippen LogP contribution in [0.15, 0.2) is 0 Å². The summed E-state index contributed by atoms with van der Waals surface area (Å²) >= 11 is 0. The molecule has 1 saturated heterocycles. The Morgan fingerprint density at radius 3 is 2.53 bits per heavy atom. The summed E-state index contributed by atoms with van der Waals surface area (Å²) in [7, 11) is 0. The maximum Gasteiger partial charge on any atom is 0.422 e. The number of hydrogen-bond acceptors (Lipinski definition) is 3. The molecular formula is C8H12F3NO3. The van der Waals surface area contributed by atoms with Crippen LogP contribution in [-0.4, -0.2) is 38.6 Å². The van der Waals surface area contributed by atoms with E-state index >= 15 is 0 Å². The topological polar surface area (TPSA) is 47.6 Å². The zero-order valence-corrected chi connectivity index (χ0v) is 8.19. The average Bonchev–Trinajstić information content (AvgIpc) is 2.07. The van der Waals surface area contributed by atoms with Crippen LogP contribution in [0, 0.1) is 5.41 Å². The van der Waals surface area contributed by atoms with Crippen LogP contribution in [0.3, 0.4) is 0 Å². The monoisotopic (exact) mass is 227 g/mol. The van der Waals surface area contributed by atoms with Gasteiger partial charge in [-0.1, -0.05) is 6.92 Å². The molecular weight excluding hydrogens is 215 g/mol. The van der Waals surface area contributed by atoms with Gasteiger partial charge in [0, 0.05) is 12.0 Å².